The maximum atomic E-state index is 13.1. The van der Waals surface area contributed by atoms with E-state index in [2.05, 4.69) is 31.2 Å². The van der Waals surface area contributed by atoms with E-state index in [1.165, 1.54) is 18.3 Å². The first kappa shape index (κ1) is 25.1. The fourth-order valence-electron chi connectivity index (χ4n) is 3.41. The number of hydrogen-bond donors (Lipinski definition) is 5. The molecule has 3 rings (SSSR count). The number of carbonyl (C=O) groups is 2. The number of nitrogens with one attached hydrogen (secondary N) is 4. The van der Waals surface area contributed by atoms with E-state index in [1.54, 1.807) is 18.3 Å². The lowest BCUT2D eigenvalue weighted by atomic mass is 10.1. The van der Waals surface area contributed by atoms with Crippen LogP contribution in [0.4, 0.5) is 16.2 Å². The van der Waals surface area contributed by atoms with Crippen LogP contribution in [0.2, 0.25) is 0 Å². The molecule has 0 saturated carbocycles. The van der Waals surface area contributed by atoms with Crippen LogP contribution in [0.15, 0.2) is 42.7 Å². The van der Waals surface area contributed by atoms with Crippen molar-refractivity contribution in [3.63, 3.8) is 0 Å². The lowest BCUT2D eigenvalue weighted by Crippen LogP contribution is -2.42. The van der Waals surface area contributed by atoms with E-state index in [4.69, 9.17) is 5.73 Å². The first-order valence-electron chi connectivity index (χ1n) is 11.6. The Morgan fingerprint density at radius 2 is 1.91 bits per heavy atom. The van der Waals surface area contributed by atoms with Crippen LogP contribution >= 0.6 is 0 Å². The van der Waals surface area contributed by atoms with Crippen LogP contribution in [0, 0.1) is 5.82 Å². The summed E-state index contributed by atoms with van der Waals surface area (Å²) in [5.41, 5.74) is 7.03. The minimum Gasteiger partial charge on any atom is -0.369 e. The fraction of sp³-hybridized carbons (Fsp3) is 0.417. The summed E-state index contributed by atoms with van der Waals surface area (Å²) in [6.45, 7) is 1.19. The number of aromatic nitrogens is 2. The predicted molar refractivity (Wildman–Crippen MR) is 130 cm³/mol. The van der Waals surface area contributed by atoms with Crippen molar-refractivity contribution < 1.29 is 14.0 Å². The highest BCUT2D eigenvalue weighted by Gasteiger charge is 2.17. The fourth-order valence-corrected chi connectivity index (χ4v) is 3.41. The molecule has 1 aliphatic heterocycles. The van der Waals surface area contributed by atoms with E-state index in [1.807, 2.05) is 6.08 Å². The van der Waals surface area contributed by atoms with Crippen molar-refractivity contribution in [2.45, 2.75) is 51.1 Å². The topological polar surface area (TPSA) is 134 Å². The molecule has 0 unspecified atom stereocenters. The maximum absolute atomic E-state index is 13.1. The van der Waals surface area contributed by atoms with Gasteiger partial charge < -0.3 is 27.0 Å². The van der Waals surface area contributed by atoms with E-state index in [0.29, 0.717) is 31.3 Å². The summed E-state index contributed by atoms with van der Waals surface area (Å²) < 4.78 is 13.1. The molecule has 2 bridgehead atoms. The Hall–Kier alpha value is -3.53. The van der Waals surface area contributed by atoms with E-state index in [0.717, 1.165) is 37.7 Å². The van der Waals surface area contributed by atoms with Gasteiger partial charge in [-0.15, -0.1) is 0 Å². The number of nitrogens with zero attached hydrogens (tertiary/aromatic N) is 2. The van der Waals surface area contributed by atoms with Gasteiger partial charge in [0.2, 0.25) is 11.9 Å². The van der Waals surface area contributed by atoms with Crippen LogP contribution in [0.25, 0.3) is 0 Å². The maximum Gasteiger partial charge on any atom is 0.256 e. The van der Waals surface area contributed by atoms with Crippen molar-refractivity contribution in [3.8, 4) is 0 Å². The number of halogens is 1. The summed E-state index contributed by atoms with van der Waals surface area (Å²) in [7, 11) is 0. The van der Waals surface area contributed by atoms with Crippen LogP contribution in [0.5, 0.6) is 0 Å². The van der Waals surface area contributed by atoms with Crippen molar-refractivity contribution in [3.05, 3.63) is 59.7 Å². The summed E-state index contributed by atoms with van der Waals surface area (Å²) in [5, 5.41) is 11.8. The Labute approximate surface area is 198 Å². The highest BCUT2D eigenvalue weighted by atomic mass is 19.1. The molecular formula is C24H32FN7O2. The molecule has 0 aliphatic carbocycles. The van der Waals surface area contributed by atoms with Crippen molar-refractivity contribution in [2.75, 3.05) is 23.7 Å². The summed E-state index contributed by atoms with van der Waals surface area (Å²) in [4.78, 5) is 33.7. The number of carbonyl (C=O) groups excluding carboxylic acids is 2. The third kappa shape index (κ3) is 8.11. The third-order valence-electron chi connectivity index (χ3n) is 5.41. The molecule has 0 saturated heterocycles. The average molecular weight is 470 g/mol. The van der Waals surface area contributed by atoms with Crippen LogP contribution in [0.1, 0.15) is 54.4 Å². The molecule has 2 aromatic rings. The lowest BCUT2D eigenvalue weighted by Gasteiger charge is -2.15. The molecule has 1 aromatic carbocycles. The molecule has 1 atom stereocenters. The van der Waals surface area contributed by atoms with E-state index in [-0.39, 0.29) is 29.7 Å². The van der Waals surface area contributed by atoms with Crippen molar-refractivity contribution in [1.82, 2.24) is 20.6 Å². The molecule has 9 nitrogen and oxygen atoms in total. The van der Waals surface area contributed by atoms with Gasteiger partial charge in [-0.2, -0.15) is 4.98 Å². The Kier molecular flexibility index (Phi) is 9.78. The summed E-state index contributed by atoms with van der Waals surface area (Å²) in [6, 6.07) is 5.23. The van der Waals surface area contributed by atoms with Crippen LogP contribution in [-0.4, -0.2) is 40.9 Å². The zero-order valence-corrected chi connectivity index (χ0v) is 19.1. The normalized spacial score (nSPS) is 18.9. The van der Waals surface area contributed by atoms with Gasteiger partial charge in [-0.05, 0) is 49.6 Å². The zero-order valence-electron chi connectivity index (χ0n) is 19.1. The first-order valence-corrected chi connectivity index (χ1v) is 11.6. The quantitative estimate of drug-likeness (QED) is 0.467. The summed E-state index contributed by atoms with van der Waals surface area (Å²) in [5.74, 6) is -0.226. The second kappa shape index (κ2) is 13.2. The third-order valence-corrected chi connectivity index (χ3v) is 5.41. The molecule has 1 aromatic heterocycles. The molecule has 0 spiro atoms. The zero-order chi connectivity index (χ0) is 24.2. The number of rotatable bonds is 3. The lowest BCUT2D eigenvalue weighted by molar-refractivity contribution is -0.122. The van der Waals surface area contributed by atoms with Gasteiger partial charge >= 0.3 is 0 Å². The van der Waals surface area contributed by atoms with Crippen molar-refractivity contribution >= 4 is 23.6 Å². The van der Waals surface area contributed by atoms with Crippen molar-refractivity contribution in [1.29, 1.82) is 0 Å². The van der Waals surface area contributed by atoms with Gasteiger partial charge in [-0.3, -0.25) is 9.59 Å². The summed E-state index contributed by atoms with van der Waals surface area (Å²) >= 11 is 0. The molecule has 182 valence electrons. The largest absolute Gasteiger partial charge is 0.369 e. The molecule has 0 radical (unpaired) electrons. The number of fused-ring (bicyclic) bond motifs is 2. The SMILES string of the molecule is N[C@H]1CCNc2nc(ncc2C(=O)NCc2ccc(F)cc2)N/C=C/CCCCCCNC1=O. The molecule has 1 aliphatic rings. The summed E-state index contributed by atoms with van der Waals surface area (Å²) in [6.07, 6.45) is 10.6. The number of hydrogen-bond acceptors (Lipinski definition) is 7. The van der Waals surface area contributed by atoms with Gasteiger partial charge in [0.15, 0.2) is 0 Å². The molecule has 10 heteroatoms. The van der Waals surface area contributed by atoms with E-state index < -0.39 is 6.04 Å². The standard InChI is InChI=1S/C24H32FN7O2/c25-18-9-7-17(8-10-18)15-30-22(33)19-16-31-24-29-13-6-4-2-1-3-5-12-28-23(34)20(26)11-14-27-21(19)32-24/h6-10,13,16,20H,1-5,11-12,14-15,26H2,(H,28,34)(H,30,33)(H2,27,29,31,32)/b13-6+/t20-/m0/s1. The molecule has 0 fully saturated rings. The Morgan fingerprint density at radius 1 is 1.12 bits per heavy atom. The molecule has 6 N–H and O–H groups in total. The van der Waals surface area contributed by atoms with Gasteiger partial charge in [0.1, 0.15) is 17.2 Å². The Balaban J connectivity index is 1.71. The minimum absolute atomic E-state index is 0.187. The van der Waals surface area contributed by atoms with Gasteiger partial charge in [-0.25, -0.2) is 9.37 Å². The number of allylic oxidation sites excluding steroid dienone is 1. The first-order chi connectivity index (χ1) is 16.5. The smallest absolute Gasteiger partial charge is 0.256 e. The molecular weight excluding hydrogens is 437 g/mol. The van der Waals surface area contributed by atoms with Crippen LogP contribution < -0.4 is 27.0 Å². The van der Waals surface area contributed by atoms with Crippen LogP contribution in [0.3, 0.4) is 0 Å². The second-order valence-electron chi connectivity index (χ2n) is 8.13. The highest BCUT2D eigenvalue weighted by Crippen LogP contribution is 2.15. The van der Waals surface area contributed by atoms with Crippen molar-refractivity contribution in [2.24, 2.45) is 5.73 Å². The minimum atomic E-state index is -0.662. The molecule has 2 amide bonds. The second-order valence-corrected chi connectivity index (χ2v) is 8.13. The highest BCUT2D eigenvalue weighted by molar-refractivity contribution is 5.98. The number of nitrogens with two attached hydrogens (primary N) is 1. The number of benzene rings is 1. The predicted octanol–water partition coefficient (Wildman–Crippen LogP) is 2.68. The monoisotopic (exact) mass is 469 g/mol. The number of amides is 2. The molecule has 34 heavy (non-hydrogen) atoms. The Bertz CT molecular complexity index is 982. The van der Waals surface area contributed by atoms with Gasteiger partial charge in [0.25, 0.3) is 5.91 Å². The van der Waals surface area contributed by atoms with Gasteiger partial charge in [-0.1, -0.05) is 31.1 Å². The molecule has 2 heterocycles. The Morgan fingerprint density at radius 3 is 2.74 bits per heavy atom. The van der Waals surface area contributed by atoms with Gasteiger partial charge in [0.05, 0.1) is 6.04 Å². The van der Waals surface area contributed by atoms with Gasteiger partial charge in [0, 0.05) is 25.8 Å². The van der Waals surface area contributed by atoms with Crippen LogP contribution in [-0.2, 0) is 11.3 Å². The number of anilines is 2. The average Bonchev–Trinajstić information content (AvgIpc) is 2.84. The van der Waals surface area contributed by atoms with E-state index >= 15 is 0 Å². The van der Waals surface area contributed by atoms with E-state index in [9.17, 15) is 14.0 Å².